The van der Waals surface area contributed by atoms with Crippen molar-refractivity contribution in [1.82, 2.24) is 10.4 Å². The van der Waals surface area contributed by atoms with E-state index < -0.39 is 0 Å². The third-order valence-electron chi connectivity index (χ3n) is 5.51. The second kappa shape index (κ2) is 11.2. The SMILES string of the molecule is CCOc1cccc(-c2cc(C(=O)N/N=C/c3ccc(OC)c(OC)c3OC)c3ccccc3n2)c1. The van der Waals surface area contributed by atoms with E-state index in [4.69, 9.17) is 23.9 Å². The van der Waals surface area contributed by atoms with Gasteiger partial charge in [0.25, 0.3) is 5.91 Å². The molecule has 0 aliphatic heterocycles. The molecular weight excluding hydrogens is 458 g/mol. The van der Waals surface area contributed by atoms with Gasteiger partial charge in [0.05, 0.1) is 50.9 Å². The number of ether oxygens (including phenoxy) is 4. The Labute approximate surface area is 209 Å². The molecule has 36 heavy (non-hydrogen) atoms. The van der Waals surface area contributed by atoms with Gasteiger partial charge in [0.2, 0.25) is 5.75 Å². The highest BCUT2D eigenvalue weighted by Gasteiger charge is 2.16. The molecule has 0 fully saturated rings. The highest BCUT2D eigenvalue weighted by molar-refractivity contribution is 6.07. The van der Waals surface area contributed by atoms with Crippen molar-refractivity contribution < 1.29 is 23.7 Å². The van der Waals surface area contributed by atoms with Crippen molar-refractivity contribution in [3.8, 4) is 34.3 Å². The number of methoxy groups -OCH3 is 3. The van der Waals surface area contributed by atoms with Crippen LogP contribution in [-0.4, -0.2) is 45.0 Å². The summed E-state index contributed by atoms with van der Waals surface area (Å²) < 4.78 is 21.8. The Bertz CT molecular complexity index is 1420. The first-order valence-electron chi connectivity index (χ1n) is 11.3. The van der Waals surface area contributed by atoms with E-state index in [9.17, 15) is 4.79 Å². The van der Waals surface area contributed by atoms with Crippen molar-refractivity contribution in [2.45, 2.75) is 6.92 Å². The van der Waals surface area contributed by atoms with Gasteiger partial charge in [0.15, 0.2) is 11.5 Å². The number of nitrogens with one attached hydrogen (secondary N) is 1. The van der Waals surface area contributed by atoms with Crippen molar-refractivity contribution in [3.63, 3.8) is 0 Å². The number of fused-ring (bicyclic) bond motifs is 1. The van der Waals surface area contributed by atoms with E-state index in [1.165, 1.54) is 20.4 Å². The Morgan fingerprint density at radius 2 is 1.75 bits per heavy atom. The van der Waals surface area contributed by atoms with Crippen LogP contribution in [0.25, 0.3) is 22.2 Å². The Balaban J connectivity index is 1.66. The quantitative estimate of drug-likeness (QED) is 0.262. The highest BCUT2D eigenvalue weighted by Crippen LogP contribution is 2.39. The summed E-state index contributed by atoms with van der Waals surface area (Å²) >= 11 is 0. The summed E-state index contributed by atoms with van der Waals surface area (Å²) in [5.74, 6) is 1.78. The first kappa shape index (κ1) is 24.5. The lowest BCUT2D eigenvalue weighted by atomic mass is 10.0. The summed E-state index contributed by atoms with van der Waals surface area (Å²) in [6.07, 6.45) is 1.49. The summed E-state index contributed by atoms with van der Waals surface area (Å²) in [5, 5.41) is 4.88. The maximum atomic E-state index is 13.2. The number of nitrogens with zero attached hydrogens (tertiary/aromatic N) is 2. The average Bonchev–Trinajstić information content (AvgIpc) is 2.92. The van der Waals surface area contributed by atoms with Gasteiger partial charge in [-0.05, 0) is 43.3 Å². The molecule has 0 spiro atoms. The molecule has 0 saturated heterocycles. The van der Waals surface area contributed by atoms with E-state index in [0.717, 1.165) is 16.7 Å². The smallest absolute Gasteiger partial charge is 0.272 e. The van der Waals surface area contributed by atoms with Crippen molar-refractivity contribution in [1.29, 1.82) is 0 Å². The first-order chi connectivity index (χ1) is 17.6. The molecule has 0 radical (unpaired) electrons. The van der Waals surface area contributed by atoms with Crippen molar-refractivity contribution in [2.75, 3.05) is 27.9 Å². The summed E-state index contributed by atoms with van der Waals surface area (Å²) in [7, 11) is 4.60. The van der Waals surface area contributed by atoms with Crippen LogP contribution in [-0.2, 0) is 0 Å². The normalized spacial score (nSPS) is 10.9. The molecule has 0 aliphatic carbocycles. The third-order valence-corrected chi connectivity index (χ3v) is 5.51. The molecule has 1 N–H and O–H groups in total. The van der Waals surface area contributed by atoms with Crippen molar-refractivity contribution in [3.05, 3.63) is 77.9 Å². The fraction of sp³-hybridized carbons (Fsp3) is 0.179. The van der Waals surface area contributed by atoms with Crippen molar-refractivity contribution >= 4 is 23.0 Å². The molecule has 3 aromatic carbocycles. The molecule has 8 nitrogen and oxygen atoms in total. The number of rotatable bonds is 9. The highest BCUT2D eigenvalue weighted by atomic mass is 16.5. The number of amides is 1. The molecule has 0 atom stereocenters. The van der Waals surface area contributed by atoms with Crippen LogP contribution < -0.4 is 24.4 Å². The van der Waals surface area contributed by atoms with Crippen LogP contribution in [0.5, 0.6) is 23.0 Å². The Morgan fingerprint density at radius 3 is 2.50 bits per heavy atom. The number of carbonyl (C=O) groups is 1. The van der Waals surface area contributed by atoms with Crippen LogP contribution >= 0.6 is 0 Å². The minimum absolute atomic E-state index is 0.369. The zero-order chi connectivity index (χ0) is 25.5. The fourth-order valence-corrected chi connectivity index (χ4v) is 3.87. The van der Waals surface area contributed by atoms with Gasteiger partial charge < -0.3 is 18.9 Å². The lowest BCUT2D eigenvalue weighted by molar-refractivity contribution is 0.0956. The summed E-state index contributed by atoms with van der Waals surface area (Å²) in [6, 6.07) is 20.4. The molecule has 4 rings (SSSR count). The minimum atomic E-state index is -0.369. The number of carbonyl (C=O) groups excluding carboxylic acids is 1. The minimum Gasteiger partial charge on any atom is -0.494 e. The van der Waals surface area contributed by atoms with E-state index in [2.05, 4.69) is 10.5 Å². The van der Waals surface area contributed by atoms with Gasteiger partial charge in [-0.25, -0.2) is 10.4 Å². The molecule has 1 amide bonds. The number of aromatic nitrogens is 1. The summed E-state index contributed by atoms with van der Waals surface area (Å²) in [6.45, 7) is 2.49. The number of hydrogen-bond acceptors (Lipinski definition) is 7. The van der Waals surface area contributed by atoms with Gasteiger partial charge in [-0.3, -0.25) is 4.79 Å². The second-order valence-corrected chi connectivity index (χ2v) is 7.66. The molecular formula is C28H27N3O5. The summed E-state index contributed by atoms with van der Waals surface area (Å²) in [4.78, 5) is 18.0. The Hall–Kier alpha value is -4.59. The fourth-order valence-electron chi connectivity index (χ4n) is 3.87. The molecule has 0 aliphatic rings. The van der Waals surface area contributed by atoms with Gasteiger partial charge in [0.1, 0.15) is 5.75 Å². The van der Waals surface area contributed by atoms with E-state index in [-0.39, 0.29) is 5.91 Å². The zero-order valence-corrected chi connectivity index (χ0v) is 20.6. The van der Waals surface area contributed by atoms with Gasteiger partial charge in [-0.1, -0.05) is 30.3 Å². The molecule has 0 saturated carbocycles. The number of para-hydroxylation sites is 1. The zero-order valence-electron chi connectivity index (χ0n) is 20.6. The van der Waals surface area contributed by atoms with Gasteiger partial charge in [0, 0.05) is 16.5 Å². The van der Waals surface area contributed by atoms with E-state index in [1.54, 1.807) is 25.3 Å². The lowest BCUT2D eigenvalue weighted by Gasteiger charge is -2.13. The topological polar surface area (TPSA) is 91.3 Å². The second-order valence-electron chi connectivity index (χ2n) is 7.66. The van der Waals surface area contributed by atoms with Crippen LogP contribution in [0, 0.1) is 0 Å². The number of benzene rings is 3. The monoisotopic (exact) mass is 485 g/mol. The number of hydrogen-bond donors (Lipinski definition) is 1. The van der Waals surface area contributed by atoms with Crippen LogP contribution in [0.15, 0.2) is 71.8 Å². The lowest BCUT2D eigenvalue weighted by Crippen LogP contribution is -2.18. The Morgan fingerprint density at radius 1 is 0.944 bits per heavy atom. The maximum Gasteiger partial charge on any atom is 0.272 e. The molecule has 0 bridgehead atoms. The third kappa shape index (κ3) is 5.07. The van der Waals surface area contributed by atoms with Crippen LogP contribution in [0.4, 0.5) is 0 Å². The average molecular weight is 486 g/mol. The predicted octanol–water partition coefficient (Wildman–Crippen LogP) is 5.09. The molecule has 4 aromatic rings. The largest absolute Gasteiger partial charge is 0.494 e. The molecule has 1 aromatic heterocycles. The van der Waals surface area contributed by atoms with E-state index in [0.29, 0.717) is 46.2 Å². The van der Waals surface area contributed by atoms with Crippen LogP contribution in [0.3, 0.4) is 0 Å². The number of hydrazone groups is 1. The van der Waals surface area contributed by atoms with Gasteiger partial charge in [-0.2, -0.15) is 5.10 Å². The molecule has 0 unspecified atom stereocenters. The van der Waals surface area contributed by atoms with Crippen LogP contribution in [0.1, 0.15) is 22.8 Å². The number of pyridine rings is 1. The predicted molar refractivity (Wildman–Crippen MR) is 140 cm³/mol. The van der Waals surface area contributed by atoms with Crippen molar-refractivity contribution in [2.24, 2.45) is 5.10 Å². The van der Waals surface area contributed by atoms with E-state index >= 15 is 0 Å². The molecule has 184 valence electrons. The maximum absolute atomic E-state index is 13.2. The molecule has 1 heterocycles. The first-order valence-corrected chi connectivity index (χ1v) is 11.3. The van der Waals surface area contributed by atoms with Crippen LogP contribution in [0.2, 0.25) is 0 Å². The molecule has 8 heteroatoms. The van der Waals surface area contributed by atoms with Gasteiger partial charge >= 0.3 is 0 Å². The standard InChI is InChI=1S/C28H27N3O5/c1-5-36-20-10-8-9-18(15-20)24-16-22(21-11-6-7-12-23(21)30-24)28(32)31-29-17-19-13-14-25(33-2)27(35-4)26(19)34-3/h6-17H,5H2,1-4H3,(H,31,32)/b29-17+. The summed E-state index contributed by atoms with van der Waals surface area (Å²) in [5.41, 5.74) is 5.89. The van der Waals surface area contributed by atoms with Gasteiger partial charge in [-0.15, -0.1) is 0 Å². The van der Waals surface area contributed by atoms with E-state index in [1.807, 2.05) is 55.5 Å². The Kier molecular flexibility index (Phi) is 7.65.